The molecule has 0 fully saturated rings. The largest absolute Gasteiger partial charge is 0.469 e. The van der Waals surface area contributed by atoms with Crippen LogP contribution in [0.4, 0.5) is 0 Å². The smallest absolute Gasteiger partial charge is 0.306 e. The van der Waals surface area contributed by atoms with Crippen LogP contribution < -0.4 is 0 Å². The third-order valence-corrected chi connectivity index (χ3v) is 3.98. The molecule has 96 valence electrons. The SMILES string of the molecule is COC(=O)CCS(=O)(=O)N(C)CCC(C)O. The lowest BCUT2D eigenvalue weighted by Gasteiger charge is -2.17. The summed E-state index contributed by atoms with van der Waals surface area (Å²) in [7, 11) is -0.800. The van der Waals surface area contributed by atoms with Gasteiger partial charge in [0.2, 0.25) is 10.0 Å². The Balaban J connectivity index is 4.16. The van der Waals surface area contributed by atoms with Crippen LogP contribution >= 0.6 is 0 Å². The molecule has 1 unspecified atom stereocenters. The first-order valence-corrected chi connectivity index (χ1v) is 6.59. The van der Waals surface area contributed by atoms with E-state index < -0.39 is 22.1 Å². The lowest BCUT2D eigenvalue weighted by molar-refractivity contribution is -0.140. The summed E-state index contributed by atoms with van der Waals surface area (Å²) in [5.74, 6) is -0.816. The molecule has 0 amide bonds. The monoisotopic (exact) mass is 253 g/mol. The second-order valence-electron chi connectivity index (χ2n) is 3.60. The van der Waals surface area contributed by atoms with Crippen molar-refractivity contribution in [3.8, 4) is 0 Å². The summed E-state index contributed by atoms with van der Waals surface area (Å²) in [6.45, 7) is 1.83. The molecule has 0 aromatic carbocycles. The van der Waals surface area contributed by atoms with Gasteiger partial charge in [-0.15, -0.1) is 0 Å². The van der Waals surface area contributed by atoms with Crippen LogP contribution in [0.1, 0.15) is 19.8 Å². The molecule has 1 atom stereocenters. The first-order chi connectivity index (χ1) is 7.29. The Kier molecular flexibility index (Phi) is 6.54. The van der Waals surface area contributed by atoms with Crippen molar-refractivity contribution in [3.63, 3.8) is 0 Å². The molecule has 0 spiro atoms. The number of carbonyl (C=O) groups excluding carboxylic acids is 1. The van der Waals surface area contributed by atoms with E-state index >= 15 is 0 Å². The van der Waals surface area contributed by atoms with Gasteiger partial charge in [0, 0.05) is 13.6 Å². The van der Waals surface area contributed by atoms with Gasteiger partial charge in [-0.1, -0.05) is 0 Å². The second kappa shape index (κ2) is 6.82. The van der Waals surface area contributed by atoms with Crippen molar-refractivity contribution in [2.24, 2.45) is 0 Å². The number of methoxy groups -OCH3 is 1. The Labute approximate surface area is 96.2 Å². The van der Waals surface area contributed by atoms with E-state index in [-0.39, 0.29) is 18.7 Å². The number of hydrogen-bond acceptors (Lipinski definition) is 5. The number of aliphatic hydroxyl groups is 1. The summed E-state index contributed by atoms with van der Waals surface area (Å²) in [6, 6.07) is 0. The highest BCUT2D eigenvalue weighted by molar-refractivity contribution is 7.89. The van der Waals surface area contributed by atoms with Crippen LogP contribution in [0.3, 0.4) is 0 Å². The molecule has 1 N–H and O–H groups in total. The number of nitrogens with zero attached hydrogens (tertiary/aromatic N) is 1. The minimum atomic E-state index is -3.44. The molecule has 0 radical (unpaired) electrons. The quantitative estimate of drug-likeness (QED) is 0.623. The lowest BCUT2D eigenvalue weighted by atomic mass is 10.3. The second-order valence-corrected chi connectivity index (χ2v) is 5.80. The highest BCUT2D eigenvalue weighted by atomic mass is 32.2. The fourth-order valence-electron chi connectivity index (χ4n) is 0.978. The number of sulfonamides is 1. The van der Waals surface area contributed by atoms with Gasteiger partial charge in [0.15, 0.2) is 0 Å². The van der Waals surface area contributed by atoms with Gasteiger partial charge in [0.1, 0.15) is 0 Å². The molecule has 0 heterocycles. The molecule has 0 bridgehead atoms. The van der Waals surface area contributed by atoms with Gasteiger partial charge in [-0.05, 0) is 13.3 Å². The van der Waals surface area contributed by atoms with Crippen molar-refractivity contribution < 1.29 is 23.1 Å². The minimum Gasteiger partial charge on any atom is -0.469 e. The van der Waals surface area contributed by atoms with Crippen LogP contribution in [0.25, 0.3) is 0 Å². The molecule has 6 nitrogen and oxygen atoms in total. The number of rotatable bonds is 7. The van der Waals surface area contributed by atoms with E-state index in [1.807, 2.05) is 0 Å². The Morgan fingerprint density at radius 2 is 2.06 bits per heavy atom. The molecule has 0 aliphatic rings. The maximum absolute atomic E-state index is 11.6. The molecule has 0 saturated heterocycles. The lowest BCUT2D eigenvalue weighted by Crippen LogP contribution is -2.32. The van der Waals surface area contributed by atoms with E-state index in [1.165, 1.54) is 14.2 Å². The van der Waals surface area contributed by atoms with Gasteiger partial charge in [-0.3, -0.25) is 4.79 Å². The molecule has 0 aromatic heterocycles. The van der Waals surface area contributed by atoms with E-state index in [2.05, 4.69) is 4.74 Å². The van der Waals surface area contributed by atoms with Crippen molar-refractivity contribution in [3.05, 3.63) is 0 Å². The number of hydrogen-bond donors (Lipinski definition) is 1. The highest BCUT2D eigenvalue weighted by Gasteiger charge is 2.19. The first-order valence-electron chi connectivity index (χ1n) is 4.98. The van der Waals surface area contributed by atoms with Crippen LogP contribution in [0.15, 0.2) is 0 Å². The maximum Gasteiger partial charge on any atom is 0.306 e. The van der Waals surface area contributed by atoms with E-state index in [0.29, 0.717) is 6.42 Å². The predicted molar refractivity (Wildman–Crippen MR) is 59.3 cm³/mol. The molecule has 0 saturated carbocycles. The zero-order valence-electron chi connectivity index (χ0n) is 9.84. The van der Waals surface area contributed by atoms with E-state index in [4.69, 9.17) is 5.11 Å². The molecule has 0 aliphatic carbocycles. The summed E-state index contributed by atoms with van der Waals surface area (Å²) in [4.78, 5) is 10.8. The Bertz CT molecular complexity index is 312. The van der Waals surface area contributed by atoms with Gasteiger partial charge in [-0.2, -0.15) is 0 Å². The zero-order chi connectivity index (χ0) is 12.8. The van der Waals surface area contributed by atoms with Crippen LogP contribution in [-0.2, 0) is 19.6 Å². The molecule has 7 heteroatoms. The third kappa shape index (κ3) is 6.04. The average Bonchev–Trinajstić information content (AvgIpc) is 2.22. The van der Waals surface area contributed by atoms with Crippen LogP contribution in [0, 0.1) is 0 Å². The molecule has 0 rings (SSSR count). The normalized spacial score (nSPS) is 13.8. The summed E-state index contributed by atoms with van der Waals surface area (Å²) in [6.07, 6.45) is -0.329. The molecular weight excluding hydrogens is 234 g/mol. The standard InChI is InChI=1S/C9H19NO5S/c1-8(11)4-6-10(2)16(13,14)7-5-9(12)15-3/h8,11H,4-7H2,1-3H3. The van der Waals surface area contributed by atoms with Gasteiger partial charge >= 0.3 is 5.97 Å². The average molecular weight is 253 g/mol. The van der Waals surface area contributed by atoms with Crippen LogP contribution in [0.2, 0.25) is 0 Å². The van der Waals surface area contributed by atoms with Crippen molar-refractivity contribution in [1.29, 1.82) is 0 Å². The number of carbonyl (C=O) groups is 1. The van der Waals surface area contributed by atoms with Gasteiger partial charge < -0.3 is 9.84 Å². The third-order valence-electron chi connectivity index (χ3n) is 2.13. The predicted octanol–water partition coefficient (Wildman–Crippen LogP) is -0.418. The Hall–Kier alpha value is -0.660. The first kappa shape index (κ1) is 15.3. The summed E-state index contributed by atoms with van der Waals surface area (Å²) in [5, 5.41) is 9.03. The molecule has 0 aliphatic heterocycles. The van der Waals surface area contributed by atoms with E-state index in [9.17, 15) is 13.2 Å². The molecule has 16 heavy (non-hydrogen) atoms. The van der Waals surface area contributed by atoms with Crippen LogP contribution in [0.5, 0.6) is 0 Å². The Morgan fingerprint density at radius 1 is 1.50 bits per heavy atom. The fourth-order valence-corrected chi connectivity index (χ4v) is 2.10. The number of ether oxygens (including phenoxy) is 1. The fraction of sp³-hybridized carbons (Fsp3) is 0.889. The van der Waals surface area contributed by atoms with Gasteiger partial charge in [-0.25, -0.2) is 12.7 Å². The summed E-state index contributed by atoms with van der Waals surface area (Å²) >= 11 is 0. The van der Waals surface area contributed by atoms with E-state index in [1.54, 1.807) is 6.92 Å². The number of aliphatic hydroxyl groups excluding tert-OH is 1. The van der Waals surface area contributed by atoms with Crippen LogP contribution in [-0.4, -0.2) is 56.4 Å². The topological polar surface area (TPSA) is 83.9 Å². The van der Waals surface area contributed by atoms with Crippen molar-refractivity contribution >= 4 is 16.0 Å². The van der Waals surface area contributed by atoms with Crippen molar-refractivity contribution in [2.45, 2.75) is 25.9 Å². The summed E-state index contributed by atoms with van der Waals surface area (Å²) < 4.78 is 28.7. The van der Waals surface area contributed by atoms with Gasteiger partial charge in [0.25, 0.3) is 0 Å². The maximum atomic E-state index is 11.6. The summed E-state index contributed by atoms with van der Waals surface area (Å²) in [5.41, 5.74) is 0. The van der Waals surface area contributed by atoms with Gasteiger partial charge in [0.05, 0.1) is 25.4 Å². The molecular formula is C9H19NO5S. The Morgan fingerprint density at radius 3 is 2.50 bits per heavy atom. The van der Waals surface area contributed by atoms with Crippen molar-refractivity contribution in [2.75, 3.05) is 26.5 Å². The van der Waals surface area contributed by atoms with E-state index in [0.717, 1.165) is 4.31 Å². The van der Waals surface area contributed by atoms with Crippen molar-refractivity contribution in [1.82, 2.24) is 4.31 Å². The molecule has 0 aromatic rings. The number of esters is 1. The zero-order valence-corrected chi connectivity index (χ0v) is 10.7. The highest BCUT2D eigenvalue weighted by Crippen LogP contribution is 2.03. The minimum absolute atomic E-state index is 0.155.